The maximum absolute atomic E-state index is 14.5. The zero-order chi connectivity index (χ0) is 42.2. The number of aromatic nitrogens is 1. The zero-order valence-corrected chi connectivity index (χ0v) is 37.1. The highest BCUT2D eigenvalue weighted by Gasteiger charge is 2.41. The van der Waals surface area contributed by atoms with Crippen molar-refractivity contribution in [2.24, 2.45) is 10.8 Å². The van der Waals surface area contributed by atoms with Crippen molar-refractivity contribution in [2.45, 2.75) is 127 Å². The fourth-order valence-corrected chi connectivity index (χ4v) is 11.1. The van der Waals surface area contributed by atoms with Crippen molar-refractivity contribution in [3.8, 4) is 0 Å². The van der Waals surface area contributed by atoms with E-state index in [2.05, 4.69) is 28.1 Å². The molecule has 1 aliphatic carbocycles. The van der Waals surface area contributed by atoms with E-state index < -0.39 is 17.8 Å². The van der Waals surface area contributed by atoms with Crippen LogP contribution in [0.1, 0.15) is 135 Å². The van der Waals surface area contributed by atoms with Crippen LogP contribution in [0, 0.1) is 22.5 Å². The van der Waals surface area contributed by atoms with Crippen LogP contribution in [0.2, 0.25) is 0 Å². The van der Waals surface area contributed by atoms with Crippen LogP contribution in [-0.4, -0.2) is 86.4 Å². The van der Waals surface area contributed by atoms with Crippen LogP contribution in [-0.2, 0) is 47.7 Å². The Morgan fingerprint density at radius 3 is 2.10 bits per heavy atom. The number of halogens is 3. The fraction of sp³-hybridized carbons (Fsp3) is 0.633. The summed E-state index contributed by atoms with van der Waals surface area (Å²) in [5.41, 5.74) is 6.71. The number of likely N-dealkylation sites (tertiary alicyclic amines) is 1. The maximum Gasteiger partial charge on any atom is 0.325 e. The summed E-state index contributed by atoms with van der Waals surface area (Å²) >= 11 is 3.43. The van der Waals surface area contributed by atoms with E-state index in [1.807, 2.05) is 11.0 Å². The Balaban J connectivity index is 0.000000225. The monoisotopic (exact) mass is 908 g/mol. The maximum atomic E-state index is 14.5. The molecule has 1 N–H and O–H groups in total. The van der Waals surface area contributed by atoms with Gasteiger partial charge in [-0.1, -0.05) is 34.1 Å². The molecular weight excluding hydrogens is 846 g/mol. The van der Waals surface area contributed by atoms with Gasteiger partial charge in [0.05, 0.1) is 31.5 Å². The van der Waals surface area contributed by atoms with Gasteiger partial charge in [-0.3, -0.25) is 14.7 Å². The van der Waals surface area contributed by atoms with Crippen LogP contribution in [0.4, 0.5) is 8.78 Å². The first-order valence-electron chi connectivity index (χ1n) is 22.9. The third-order valence-electron chi connectivity index (χ3n) is 14.4. The van der Waals surface area contributed by atoms with E-state index in [1.54, 1.807) is 6.07 Å². The summed E-state index contributed by atoms with van der Waals surface area (Å²) in [5.74, 6) is -1.60. The molecule has 5 aliphatic heterocycles. The molecule has 4 atom stereocenters. The van der Waals surface area contributed by atoms with E-state index in [1.165, 1.54) is 60.5 Å². The van der Waals surface area contributed by atoms with Crippen LogP contribution < -0.4 is 0 Å². The second kappa shape index (κ2) is 20.8. The molecule has 3 aromatic rings. The van der Waals surface area contributed by atoms with Gasteiger partial charge in [0.15, 0.2) is 0 Å². The molecule has 61 heavy (non-hydrogen) atoms. The van der Waals surface area contributed by atoms with Crippen LogP contribution >= 0.6 is 15.9 Å². The molecule has 5 fully saturated rings. The lowest BCUT2D eigenvalue weighted by molar-refractivity contribution is -0.143. The molecule has 0 amide bonds. The summed E-state index contributed by atoms with van der Waals surface area (Å²) in [4.78, 5) is 19.5. The minimum Gasteiger partial charge on any atom is -0.480 e. The van der Waals surface area contributed by atoms with Crippen molar-refractivity contribution in [2.75, 3.05) is 59.3 Å². The highest BCUT2D eigenvalue weighted by atomic mass is 79.9. The van der Waals surface area contributed by atoms with Crippen LogP contribution in [0.3, 0.4) is 0 Å². The van der Waals surface area contributed by atoms with E-state index in [0.29, 0.717) is 37.3 Å². The molecule has 5 saturated heterocycles. The van der Waals surface area contributed by atoms with Crippen molar-refractivity contribution in [3.63, 3.8) is 0 Å². The second-order valence-corrected chi connectivity index (χ2v) is 19.3. The van der Waals surface area contributed by atoms with Gasteiger partial charge in [0.25, 0.3) is 0 Å². The molecule has 6 heterocycles. The third-order valence-corrected chi connectivity index (χ3v) is 15.0. The predicted molar refractivity (Wildman–Crippen MR) is 231 cm³/mol. The molecule has 2 spiro atoms. The highest BCUT2D eigenvalue weighted by Crippen LogP contribution is 2.47. The summed E-state index contributed by atoms with van der Waals surface area (Å²) in [6.07, 6.45) is 16.5. The number of hydrogen-bond donors (Lipinski definition) is 1. The number of carbonyl (C=O) groups is 1. The first-order valence-corrected chi connectivity index (χ1v) is 23.7. The average molecular weight is 910 g/mol. The minimum absolute atomic E-state index is 0.0231. The number of fused-ring (bicyclic) bond motifs is 1. The number of aliphatic carboxylic acids is 1. The van der Waals surface area contributed by atoms with Crippen LogP contribution in [0.5, 0.6) is 0 Å². The quantitative estimate of drug-likeness (QED) is 0.189. The average Bonchev–Trinajstić information content (AvgIpc) is 3.73. The molecule has 9 rings (SSSR count). The summed E-state index contributed by atoms with van der Waals surface area (Å²) in [5, 5.41) is 10.3. The highest BCUT2D eigenvalue weighted by molar-refractivity contribution is 9.10. The molecule has 0 radical (unpaired) electrons. The number of benzene rings is 2. The smallest absolute Gasteiger partial charge is 0.325 e. The van der Waals surface area contributed by atoms with Gasteiger partial charge < -0.3 is 28.8 Å². The molecule has 2 aromatic carbocycles. The van der Waals surface area contributed by atoms with Gasteiger partial charge in [-0.2, -0.15) is 0 Å². The van der Waals surface area contributed by atoms with E-state index >= 15 is 0 Å². The Morgan fingerprint density at radius 1 is 0.820 bits per heavy atom. The van der Waals surface area contributed by atoms with E-state index in [0.717, 1.165) is 132 Å². The third kappa shape index (κ3) is 11.3. The first kappa shape index (κ1) is 44.8. The number of carboxylic acids is 1. The number of hydrogen-bond acceptors (Lipinski definition) is 8. The van der Waals surface area contributed by atoms with Gasteiger partial charge >= 0.3 is 5.97 Å². The molecule has 9 nitrogen and oxygen atoms in total. The largest absolute Gasteiger partial charge is 0.480 e. The van der Waals surface area contributed by atoms with Crippen molar-refractivity contribution in [3.05, 3.63) is 98.3 Å². The van der Waals surface area contributed by atoms with Crippen molar-refractivity contribution in [1.29, 1.82) is 0 Å². The zero-order valence-electron chi connectivity index (χ0n) is 35.5. The molecule has 3 unspecified atom stereocenters. The van der Waals surface area contributed by atoms with Gasteiger partial charge in [-0.05, 0) is 166 Å². The molecule has 6 aliphatic rings. The van der Waals surface area contributed by atoms with E-state index in [4.69, 9.17) is 28.7 Å². The number of aryl methyl sites for hydroxylation is 3. The first-order chi connectivity index (χ1) is 29.7. The second-order valence-electron chi connectivity index (χ2n) is 18.4. The lowest BCUT2D eigenvalue weighted by Crippen LogP contribution is -2.39. The molecule has 0 saturated carbocycles. The number of ether oxygens (including phenoxy) is 5. The topological polar surface area (TPSA) is 99.6 Å². The van der Waals surface area contributed by atoms with E-state index in [-0.39, 0.29) is 29.5 Å². The Labute approximate surface area is 368 Å². The lowest BCUT2D eigenvalue weighted by atomic mass is 9.74. The summed E-state index contributed by atoms with van der Waals surface area (Å²) < 4.78 is 58.1. The molecule has 1 aromatic heterocycles. The van der Waals surface area contributed by atoms with Crippen molar-refractivity contribution < 1.29 is 42.4 Å². The standard InChI is InChI=1S/C34H45FN2O5.C15H18BrFO2/c35-25-9-11-28(31-12-14-34(23-42-31)15-19-40-20-16-34)29(21-25)32(33(38)39)37-17-13-27(22-37)41-18-4-3-6-26-10-8-24-5-1-2-7-30(24)36-26;16-13-9-11(17)1-2-12(13)14-3-4-15(10-19-14)5-7-18-8-6-15/h8-11,21,27,31-32H,1-7,12-20,22-23H2,(H,38,39);1-2,9,14H,3-8,10H2/t27-,31?,32?;/m1./s1. The predicted octanol–water partition coefficient (Wildman–Crippen LogP) is 10.2. The van der Waals surface area contributed by atoms with Crippen molar-refractivity contribution >= 4 is 21.9 Å². The number of pyridine rings is 1. The Morgan fingerprint density at radius 2 is 1.46 bits per heavy atom. The van der Waals surface area contributed by atoms with Gasteiger partial charge in [0.1, 0.15) is 17.7 Å². The molecule has 12 heteroatoms. The van der Waals surface area contributed by atoms with E-state index in [9.17, 15) is 18.7 Å². The van der Waals surface area contributed by atoms with Gasteiger partial charge in [0, 0.05) is 62.0 Å². The van der Waals surface area contributed by atoms with Crippen molar-refractivity contribution in [1.82, 2.24) is 9.88 Å². The van der Waals surface area contributed by atoms with Gasteiger partial charge in [-0.25, -0.2) is 8.78 Å². The van der Waals surface area contributed by atoms with Gasteiger partial charge in [-0.15, -0.1) is 0 Å². The summed E-state index contributed by atoms with van der Waals surface area (Å²) in [6, 6.07) is 12.9. The minimum atomic E-state index is -0.961. The lowest BCUT2D eigenvalue weighted by Gasteiger charge is -2.43. The van der Waals surface area contributed by atoms with Crippen LogP contribution in [0.25, 0.3) is 0 Å². The normalized spacial score (nSPS) is 25.4. The van der Waals surface area contributed by atoms with Crippen LogP contribution in [0.15, 0.2) is 53.0 Å². The van der Waals surface area contributed by atoms with Gasteiger partial charge in [0.2, 0.25) is 0 Å². The fourth-order valence-electron chi connectivity index (χ4n) is 10.5. The number of carboxylic acid groups (broad SMARTS) is 1. The molecular formula is C49H63BrF2N2O7. The number of unbranched alkanes of at least 4 members (excludes halogenated alkanes) is 1. The number of nitrogens with zero attached hydrogens (tertiary/aromatic N) is 2. The Bertz CT molecular complexity index is 1920. The Kier molecular flexibility index (Phi) is 15.2. The summed E-state index contributed by atoms with van der Waals surface area (Å²) in [7, 11) is 0. The molecule has 0 bridgehead atoms. The Hall–Kier alpha value is -2.84. The molecule has 332 valence electrons. The number of rotatable bonds is 11. The summed E-state index contributed by atoms with van der Waals surface area (Å²) in [6.45, 7) is 6.45. The SMILES string of the molecule is Fc1ccc(C2CCC3(CCOCC3)CO2)c(Br)c1.O=C(O)C(c1cc(F)ccc1C1CCC2(CCOCC2)CO1)N1CC[C@@H](OCCCCc2ccc3c(n2)CCCC3)C1.